The van der Waals surface area contributed by atoms with Crippen LogP contribution in [0.2, 0.25) is 0 Å². The predicted molar refractivity (Wildman–Crippen MR) is 220 cm³/mol. The summed E-state index contributed by atoms with van der Waals surface area (Å²) in [5, 5.41) is 13.8. The van der Waals surface area contributed by atoms with Gasteiger partial charge in [-0.3, -0.25) is 23.9 Å². The Hall–Kier alpha value is -7.05. The van der Waals surface area contributed by atoms with Crippen LogP contribution in [-0.4, -0.2) is 89.7 Å². The number of amides is 1. The molecule has 1 aliphatic rings. The Morgan fingerprint density at radius 1 is 0.933 bits per heavy atom. The second-order valence-corrected chi connectivity index (χ2v) is 14.8. The second-order valence-electron chi connectivity index (χ2n) is 14.8. The van der Waals surface area contributed by atoms with Crippen molar-refractivity contribution in [3.63, 3.8) is 0 Å². The van der Waals surface area contributed by atoms with Crippen molar-refractivity contribution >= 4 is 45.2 Å². The first-order valence-electron chi connectivity index (χ1n) is 19.1. The lowest BCUT2D eigenvalue weighted by Gasteiger charge is -2.36. The molecule has 0 atom stereocenters. The van der Waals surface area contributed by atoms with E-state index in [1.807, 2.05) is 24.3 Å². The lowest BCUT2D eigenvalue weighted by molar-refractivity contribution is 0.0733. The Kier molecular flexibility index (Phi) is 10.6. The number of hydrogen-bond acceptors (Lipinski definition) is 11. The Bertz CT molecular complexity index is 2950. The van der Waals surface area contributed by atoms with E-state index in [-0.39, 0.29) is 53.1 Å². The molecule has 308 valence electrons. The van der Waals surface area contributed by atoms with E-state index in [1.54, 1.807) is 48.7 Å². The SMILES string of the molecule is COCCn1c(=O)c2cnc(Nc3ccc(N4CCN(C(=O)c5cc(Cn6c(=O)[nH]c(=O)c7c(F)cccc76)ccc5F)CC4)cc3)nc2n1-c1cccc(C(C)(C)O)n1. The molecule has 1 amide bonds. The molecule has 18 heteroatoms. The number of rotatable bonds is 11. The van der Waals surface area contributed by atoms with Gasteiger partial charge < -0.3 is 25.0 Å². The van der Waals surface area contributed by atoms with Crippen LogP contribution in [0, 0.1) is 11.6 Å². The fraction of sp³-hybridized carbons (Fsp3) is 0.262. The third-order valence-electron chi connectivity index (χ3n) is 10.4. The highest BCUT2D eigenvalue weighted by atomic mass is 19.1. The van der Waals surface area contributed by atoms with Crippen molar-refractivity contribution in [2.75, 3.05) is 50.1 Å². The van der Waals surface area contributed by atoms with Crippen molar-refractivity contribution in [2.24, 2.45) is 0 Å². The molecule has 0 radical (unpaired) electrons. The average Bonchev–Trinajstić information content (AvgIpc) is 3.51. The fourth-order valence-electron chi connectivity index (χ4n) is 7.28. The van der Waals surface area contributed by atoms with Crippen molar-refractivity contribution in [3.8, 4) is 5.82 Å². The lowest BCUT2D eigenvalue weighted by atomic mass is 10.1. The van der Waals surface area contributed by atoms with Crippen LogP contribution in [0.4, 0.5) is 26.1 Å². The molecule has 5 heterocycles. The maximum absolute atomic E-state index is 15.1. The zero-order valence-electron chi connectivity index (χ0n) is 32.9. The monoisotopic (exact) mass is 818 g/mol. The van der Waals surface area contributed by atoms with Crippen LogP contribution in [0.3, 0.4) is 0 Å². The first-order valence-corrected chi connectivity index (χ1v) is 19.1. The molecule has 3 aromatic carbocycles. The van der Waals surface area contributed by atoms with E-state index in [0.717, 1.165) is 17.8 Å². The molecule has 8 rings (SSSR count). The van der Waals surface area contributed by atoms with E-state index in [1.165, 1.54) is 39.7 Å². The molecule has 16 nitrogen and oxygen atoms in total. The highest BCUT2D eigenvalue weighted by molar-refractivity contribution is 5.95. The van der Waals surface area contributed by atoms with Crippen molar-refractivity contribution in [1.82, 2.24) is 38.8 Å². The van der Waals surface area contributed by atoms with E-state index in [9.17, 15) is 28.7 Å². The number of fused-ring (bicyclic) bond motifs is 2. The molecule has 7 aromatic rings. The van der Waals surface area contributed by atoms with Crippen LogP contribution in [0.5, 0.6) is 0 Å². The van der Waals surface area contributed by atoms with E-state index in [4.69, 9.17) is 9.72 Å². The largest absolute Gasteiger partial charge is 0.384 e. The molecule has 0 bridgehead atoms. The summed E-state index contributed by atoms with van der Waals surface area (Å²) in [6, 6.07) is 20.7. The number of nitrogens with zero attached hydrogens (tertiary/aromatic N) is 8. The number of ether oxygens (including phenoxy) is 1. The number of carbonyl (C=O) groups excluding carboxylic acids is 1. The van der Waals surface area contributed by atoms with Gasteiger partial charge in [0.15, 0.2) is 11.5 Å². The molecule has 3 N–H and O–H groups in total. The number of aliphatic hydroxyl groups is 1. The summed E-state index contributed by atoms with van der Waals surface area (Å²) in [6.45, 7) is 5.21. The highest BCUT2D eigenvalue weighted by Gasteiger charge is 2.26. The number of benzene rings is 3. The number of halogens is 2. The molecule has 1 aliphatic heterocycles. The van der Waals surface area contributed by atoms with E-state index in [0.29, 0.717) is 54.6 Å². The minimum absolute atomic E-state index is 0.0800. The van der Waals surface area contributed by atoms with Crippen LogP contribution in [-0.2, 0) is 23.4 Å². The smallest absolute Gasteiger partial charge is 0.329 e. The number of H-pyrrole nitrogens is 1. The number of anilines is 3. The van der Waals surface area contributed by atoms with E-state index in [2.05, 4.69) is 25.2 Å². The summed E-state index contributed by atoms with van der Waals surface area (Å²) >= 11 is 0. The van der Waals surface area contributed by atoms with Crippen molar-refractivity contribution in [1.29, 1.82) is 0 Å². The van der Waals surface area contributed by atoms with Gasteiger partial charge in [0, 0.05) is 50.9 Å². The van der Waals surface area contributed by atoms with Crippen molar-refractivity contribution in [3.05, 3.63) is 145 Å². The summed E-state index contributed by atoms with van der Waals surface area (Å²) in [5.41, 5.74) is -0.492. The number of pyridine rings is 1. The molecule has 1 fully saturated rings. The highest BCUT2D eigenvalue weighted by Crippen LogP contribution is 2.25. The van der Waals surface area contributed by atoms with Crippen LogP contribution in [0.1, 0.15) is 35.5 Å². The quantitative estimate of drug-likeness (QED) is 0.172. The first kappa shape index (κ1) is 39.8. The van der Waals surface area contributed by atoms with Gasteiger partial charge in [-0.05, 0) is 80.1 Å². The fourth-order valence-corrected chi connectivity index (χ4v) is 7.28. The number of hydrogen-bond donors (Lipinski definition) is 3. The van der Waals surface area contributed by atoms with E-state index < -0.39 is 34.4 Å². The van der Waals surface area contributed by atoms with E-state index >= 15 is 4.39 Å². The number of nitrogens with one attached hydrogen (secondary N) is 2. The Morgan fingerprint density at radius 3 is 2.42 bits per heavy atom. The van der Waals surface area contributed by atoms with Gasteiger partial charge in [0.05, 0.1) is 41.9 Å². The molecule has 0 unspecified atom stereocenters. The summed E-state index contributed by atoms with van der Waals surface area (Å²) in [5.74, 6) is -1.37. The van der Waals surface area contributed by atoms with Crippen LogP contribution in [0.25, 0.3) is 27.8 Å². The summed E-state index contributed by atoms with van der Waals surface area (Å²) in [6.07, 6.45) is 1.46. The predicted octanol–water partition coefficient (Wildman–Crippen LogP) is 3.89. The van der Waals surface area contributed by atoms with Gasteiger partial charge in [-0.1, -0.05) is 18.2 Å². The van der Waals surface area contributed by atoms with Crippen LogP contribution < -0.4 is 27.0 Å². The molecule has 0 saturated carbocycles. The van der Waals surface area contributed by atoms with Gasteiger partial charge in [-0.2, -0.15) is 4.98 Å². The number of aromatic amines is 1. The lowest BCUT2D eigenvalue weighted by Crippen LogP contribution is -2.49. The number of piperazine rings is 1. The summed E-state index contributed by atoms with van der Waals surface area (Å²) in [7, 11) is 1.54. The van der Waals surface area contributed by atoms with Crippen LogP contribution >= 0.6 is 0 Å². The van der Waals surface area contributed by atoms with Crippen molar-refractivity contribution < 1.29 is 23.4 Å². The molecule has 4 aromatic heterocycles. The van der Waals surface area contributed by atoms with Gasteiger partial charge in [-0.15, -0.1) is 0 Å². The standard InChI is InChI=1S/C42H40F2N10O6/c1-42(2,59)33-8-5-9-34(47-33)54-36-29(39(57)53(54)20-21-60-3)23-45-40(48-36)46-26-11-13-27(14-12-26)50-16-18-51(19-17-50)38(56)28-22-25(10-15-30(28)43)24-52-32-7-4-6-31(44)35(32)37(55)49-41(52)58/h4-15,22-23,59H,16-21,24H2,1-3H3,(H,45,46,48)(H,49,55,58). The van der Waals surface area contributed by atoms with Gasteiger partial charge in [-0.25, -0.2) is 32.9 Å². The molecule has 0 spiro atoms. The summed E-state index contributed by atoms with van der Waals surface area (Å²) < 4.78 is 39.1. The minimum atomic E-state index is -1.22. The zero-order valence-corrected chi connectivity index (χ0v) is 32.9. The third-order valence-corrected chi connectivity index (χ3v) is 10.4. The molecule has 1 saturated heterocycles. The average molecular weight is 819 g/mol. The maximum Gasteiger partial charge on any atom is 0.329 e. The minimum Gasteiger partial charge on any atom is -0.384 e. The second kappa shape index (κ2) is 16.0. The number of methoxy groups -OCH3 is 1. The van der Waals surface area contributed by atoms with Gasteiger partial charge in [0.25, 0.3) is 17.0 Å². The topological polar surface area (TPSA) is 186 Å². The molecular formula is C42H40F2N10O6. The summed E-state index contributed by atoms with van der Waals surface area (Å²) in [4.78, 5) is 71.7. The van der Waals surface area contributed by atoms with Crippen molar-refractivity contribution in [2.45, 2.75) is 32.5 Å². The Balaban J connectivity index is 0.956. The van der Waals surface area contributed by atoms with Gasteiger partial charge in [0.2, 0.25) is 5.95 Å². The molecular weight excluding hydrogens is 779 g/mol. The number of aromatic nitrogens is 7. The van der Waals surface area contributed by atoms with Crippen LogP contribution in [0.15, 0.2) is 99.4 Å². The molecule has 60 heavy (non-hydrogen) atoms. The first-order chi connectivity index (χ1) is 28.8. The zero-order chi connectivity index (χ0) is 42.3. The Morgan fingerprint density at radius 2 is 1.68 bits per heavy atom. The number of carbonyl (C=O) groups is 1. The normalized spacial score (nSPS) is 13.4. The van der Waals surface area contributed by atoms with Gasteiger partial charge >= 0.3 is 5.69 Å². The molecule has 0 aliphatic carbocycles. The third kappa shape index (κ3) is 7.64. The Labute approximate surface area is 339 Å². The van der Waals surface area contributed by atoms with Gasteiger partial charge in [0.1, 0.15) is 22.6 Å². The maximum atomic E-state index is 15.1.